The highest BCUT2D eigenvalue weighted by Gasteiger charge is 2.57. The average molecular weight is 570 g/mol. The van der Waals surface area contributed by atoms with Gasteiger partial charge in [0.2, 0.25) is 0 Å². The smallest absolute Gasteiger partial charge is 0.256 e. The molecule has 4 aliphatic heterocycles. The molecule has 3 saturated heterocycles. The molecule has 3 saturated carbocycles. The first-order valence-corrected chi connectivity index (χ1v) is 16.9. The lowest BCUT2D eigenvalue weighted by Gasteiger charge is -2.60. The van der Waals surface area contributed by atoms with Crippen LogP contribution in [0.4, 0.5) is 0 Å². The Hall–Kier alpha value is -1.52. The van der Waals surface area contributed by atoms with E-state index in [0.29, 0.717) is 12.1 Å². The fraction of sp³-hybridized carbons (Fsp3) is 0.875. The van der Waals surface area contributed by atoms with Gasteiger partial charge < -0.3 is 29.9 Å². The van der Waals surface area contributed by atoms with Crippen molar-refractivity contribution in [2.24, 2.45) is 17.8 Å². The van der Waals surface area contributed by atoms with Gasteiger partial charge in [0.25, 0.3) is 5.91 Å². The quantitative estimate of drug-likeness (QED) is 0.428. The molecule has 8 atom stereocenters. The summed E-state index contributed by atoms with van der Waals surface area (Å²) in [6.45, 7) is 9.13. The molecule has 41 heavy (non-hydrogen) atoms. The third-order valence-corrected chi connectivity index (χ3v) is 11.5. The van der Waals surface area contributed by atoms with E-state index in [4.69, 9.17) is 9.47 Å². The normalized spacial score (nSPS) is 39.5. The Kier molecular flexibility index (Phi) is 8.69. The standard InChI is InChI=1S/C32H51N5O4/c38-30-24-7-8-26(33-9-13-35-11-3-4-12-35)31-29(24)37(27-19-22-5-1-2-6-23(22)20-28(27)41-31)21-25(30)32(39)34-10-14-36-15-17-40-18-16-36/h21-24,26-29,31,33H,1-20H2,(H,34,39). The molecular weight excluding hydrogens is 518 g/mol. The van der Waals surface area contributed by atoms with Gasteiger partial charge in [-0.3, -0.25) is 14.5 Å². The van der Waals surface area contributed by atoms with Crippen molar-refractivity contribution in [2.45, 2.75) is 94.5 Å². The molecule has 0 radical (unpaired) electrons. The molecule has 7 rings (SSSR count). The van der Waals surface area contributed by atoms with Gasteiger partial charge in [-0.05, 0) is 63.5 Å². The van der Waals surface area contributed by atoms with E-state index in [1.54, 1.807) is 0 Å². The van der Waals surface area contributed by atoms with Crippen LogP contribution in [0, 0.1) is 17.8 Å². The van der Waals surface area contributed by atoms with Crippen LogP contribution >= 0.6 is 0 Å². The highest BCUT2D eigenvalue weighted by atomic mass is 16.5. The number of hydrogen-bond acceptors (Lipinski definition) is 8. The van der Waals surface area contributed by atoms with E-state index in [9.17, 15) is 9.59 Å². The number of nitrogens with zero attached hydrogens (tertiary/aromatic N) is 3. The maximum absolute atomic E-state index is 13.9. The molecule has 1 amide bonds. The number of likely N-dealkylation sites (tertiary alicyclic amines) is 1. The number of morpholine rings is 2. The van der Waals surface area contributed by atoms with Gasteiger partial charge in [-0.2, -0.15) is 0 Å². The minimum absolute atomic E-state index is 0.000139. The summed E-state index contributed by atoms with van der Waals surface area (Å²) >= 11 is 0. The molecule has 4 heterocycles. The molecule has 8 unspecified atom stereocenters. The predicted molar refractivity (Wildman–Crippen MR) is 156 cm³/mol. The Bertz CT molecular complexity index is 979. The Balaban J connectivity index is 1.09. The van der Waals surface area contributed by atoms with Crippen LogP contribution in [0.1, 0.15) is 64.2 Å². The number of carbonyl (C=O) groups excluding carboxylic acids is 2. The molecule has 0 spiro atoms. The number of ether oxygens (including phenoxy) is 2. The van der Waals surface area contributed by atoms with Gasteiger partial charge in [-0.15, -0.1) is 0 Å². The zero-order valence-corrected chi connectivity index (χ0v) is 24.8. The lowest BCUT2D eigenvalue weighted by molar-refractivity contribution is -0.200. The fourth-order valence-electron chi connectivity index (χ4n) is 9.35. The van der Waals surface area contributed by atoms with E-state index in [-0.39, 0.29) is 47.9 Å². The summed E-state index contributed by atoms with van der Waals surface area (Å²) in [5.41, 5.74) is 0.374. The third kappa shape index (κ3) is 5.86. The second-order valence-corrected chi connectivity index (χ2v) is 13.8. The highest BCUT2D eigenvalue weighted by Crippen LogP contribution is 2.49. The van der Waals surface area contributed by atoms with Crippen molar-refractivity contribution in [2.75, 3.05) is 65.6 Å². The first kappa shape index (κ1) is 28.3. The van der Waals surface area contributed by atoms with Crippen LogP contribution in [-0.2, 0) is 19.1 Å². The number of nitrogens with one attached hydrogen (secondary N) is 2. The number of ketones is 1. The second kappa shape index (κ2) is 12.6. The number of Topliss-reactive ketones (excluding diaryl/α,β-unsaturated/α-hetero) is 1. The first-order valence-electron chi connectivity index (χ1n) is 16.9. The molecule has 9 heteroatoms. The molecule has 0 aromatic carbocycles. The maximum atomic E-state index is 13.9. The SMILES string of the molecule is O=C(NCCN1CCOCC1)C1=CN2C3CC4CCCCC4CC3OC3C(NCCN4CCCC4)CCC(C1=O)C32. The molecule has 0 aromatic heterocycles. The number of amides is 1. The van der Waals surface area contributed by atoms with Gasteiger partial charge >= 0.3 is 0 Å². The summed E-state index contributed by atoms with van der Waals surface area (Å²) in [6.07, 6.45) is 14.1. The van der Waals surface area contributed by atoms with Crippen LogP contribution in [0.3, 0.4) is 0 Å². The van der Waals surface area contributed by atoms with Gasteiger partial charge in [-0.1, -0.05) is 25.7 Å². The molecular formula is C32H51N5O4. The van der Waals surface area contributed by atoms with Crippen molar-refractivity contribution in [1.82, 2.24) is 25.3 Å². The minimum atomic E-state index is -0.196. The summed E-state index contributed by atoms with van der Waals surface area (Å²) in [7, 11) is 0. The van der Waals surface area contributed by atoms with Crippen LogP contribution in [0.2, 0.25) is 0 Å². The topological polar surface area (TPSA) is 86.4 Å². The molecule has 6 fully saturated rings. The summed E-state index contributed by atoms with van der Waals surface area (Å²) in [5.74, 6) is 1.19. The van der Waals surface area contributed by atoms with Crippen molar-refractivity contribution >= 4 is 11.7 Å². The maximum Gasteiger partial charge on any atom is 0.256 e. The molecule has 9 nitrogen and oxygen atoms in total. The highest BCUT2D eigenvalue weighted by molar-refractivity contribution is 6.20. The van der Waals surface area contributed by atoms with Crippen LogP contribution in [0.15, 0.2) is 11.8 Å². The molecule has 0 aromatic rings. The van der Waals surface area contributed by atoms with Gasteiger partial charge in [0.15, 0.2) is 5.78 Å². The van der Waals surface area contributed by atoms with Crippen LogP contribution in [0.25, 0.3) is 0 Å². The van der Waals surface area contributed by atoms with Crippen LogP contribution in [0.5, 0.6) is 0 Å². The van der Waals surface area contributed by atoms with Crippen molar-refractivity contribution in [3.63, 3.8) is 0 Å². The zero-order valence-electron chi connectivity index (χ0n) is 24.8. The molecule has 228 valence electrons. The van der Waals surface area contributed by atoms with Gasteiger partial charge in [0.1, 0.15) is 0 Å². The molecule has 2 N–H and O–H groups in total. The third-order valence-electron chi connectivity index (χ3n) is 11.5. The van der Waals surface area contributed by atoms with Crippen LogP contribution in [-0.4, -0.2) is 122 Å². The van der Waals surface area contributed by atoms with Gasteiger partial charge in [0, 0.05) is 57.4 Å². The van der Waals surface area contributed by atoms with E-state index < -0.39 is 0 Å². The van der Waals surface area contributed by atoms with Gasteiger partial charge in [-0.25, -0.2) is 0 Å². The van der Waals surface area contributed by atoms with E-state index >= 15 is 0 Å². The number of fused-ring (bicyclic) bond motifs is 3. The number of rotatable bonds is 8. The summed E-state index contributed by atoms with van der Waals surface area (Å²) in [4.78, 5) is 34.8. The van der Waals surface area contributed by atoms with Crippen molar-refractivity contribution in [1.29, 1.82) is 0 Å². The summed E-state index contributed by atoms with van der Waals surface area (Å²) < 4.78 is 12.5. The Morgan fingerprint density at radius 3 is 2.41 bits per heavy atom. The van der Waals surface area contributed by atoms with Crippen molar-refractivity contribution in [3.8, 4) is 0 Å². The lowest BCUT2D eigenvalue weighted by atomic mass is 9.65. The molecule has 7 aliphatic rings. The average Bonchev–Trinajstić information content (AvgIpc) is 3.52. The zero-order chi connectivity index (χ0) is 27.8. The first-order chi connectivity index (χ1) is 20.2. The Morgan fingerprint density at radius 2 is 1.61 bits per heavy atom. The van der Waals surface area contributed by atoms with E-state index in [0.717, 1.165) is 83.5 Å². The Morgan fingerprint density at radius 1 is 0.878 bits per heavy atom. The second-order valence-electron chi connectivity index (χ2n) is 13.8. The lowest BCUT2D eigenvalue weighted by Crippen LogP contribution is -2.71. The number of hydrogen-bond donors (Lipinski definition) is 2. The summed E-state index contributed by atoms with van der Waals surface area (Å²) in [5, 5.41) is 6.97. The summed E-state index contributed by atoms with van der Waals surface area (Å²) in [6, 6.07) is 0.564. The largest absolute Gasteiger partial charge is 0.379 e. The van der Waals surface area contributed by atoms with E-state index in [1.165, 1.54) is 51.6 Å². The predicted octanol–water partition coefficient (Wildman–Crippen LogP) is 1.77. The van der Waals surface area contributed by atoms with Crippen molar-refractivity contribution < 1.29 is 19.1 Å². The monoisotopic (exact) mass is 569 g/mol. The van der Waals surface area contributed by atoms with E-state index in [2.05, 4.69) is 25.3 Å². The van der Waals surface area contributed by atoms with Gasteiger partial charge in [0.05, 0.1) is 43.1 Å². The van der Waals surface area contributed by atoms with Crippen molar-refractivity contribution in [3.05, 3.63) is 11.8 Å². The Labute approximate surface area is 245 Å². The van der Waals surface area contributed by atoms with E-state index in [1.807, 2.05) is 6.20 Å². The molecule has 0 bridgehead atoms. The number of carbonyl (C=O) groups is 2. The fourth-order valence-corrected chi connectivity index (χ4v) is 9.35. The minimum Gasteiger partial charge on any atom is -0.379 e. The molecule has 3 aliphatic carbocycles. The van der Waals surface area contributed by atoms with Crippen LogP contribution < -0.4 is 10.6 Å².